The first kappa shape index (κ1) is 17.5. The van der Waals surface area contributed by atoms with Crippen molar-refractivity contribution in [1.29, 1.82) is 0 Å². The molecule has 0 bridgehead atoms. The van der Waals surface area contributed by atoms with Crippen molar-refractivity contribution in [2.24, 2.45) is 0 Å². The second-order valence-electron chi connectivity index (χ2n) is 4.56. The third-order valence-corrected chi connectivity index (χ3v) is 4.80. The van der Waals surface area contributed by atoms with Crippen LogP contribution < -0.4 is 10.0 Å². The number of halogens is 3. The number of nitrogens with one attached hydrogen (secondary N) is 2. The van der Waals surface area contributed by atoms with Crippen LogP contribution in [-0.2, 0) is 14.8 Å². The largest absolute Gasteiger partial charge is 0.326 e. The highest BCUT2D eigenvalue weighted by molar-refractivity contribution is 7.92. The van der Waals surface area contributed by atoms with Crippen LogP contribution in [0.4, 0.5) is 15.8 Å². The van der Waals surface area contributed by atoms with E-state index in [1.54, 1.807) is 0 Å². The molecule has 9 heteroatoms. The van der Waals surface area contributed by atoms with Gasteiger partial charge in [0.1, 0.15) is 10.7 Å². The minimum Gasteiger partial charge on any atom is -0.326 e. The zero-order valence-electron chi connectivity index (χ0n) is 11.7. The summed E-state index contributed by atoms with van der Waals surface area (Å²) in [5.41, 5.74) is -0.0823. The Balaban J connectivity index is 2.40. The van der Waals surface area contributed by atoms with E-state index >= 15 is 0 Å². The SMILES string of the molecule is CC(=O)Nc1ccc(F)c(NS(=O)(=O)c2cc(Cl)ccc2Cl)c1. The van der Waals surface area contributed by atoms with Gasteiger partial charge in [0.25, 0.3) is 10.0 Å². The number of rotatable bonds is 4. The molecule has 1 amide bonds. The lowest BCUT2D eigenvalue weighted by Gasteiger charge is -2.12. The van der Waals surface area contributed by atoms with Crippen LogP contribution in [0.15, 0.2) is 41.3 Å². The minimum absolute atomic E-state index is 0.0553. The van der Waals surface area contributed by atoms with Gasteiger partial charge >= 0.3 is 0 Å². The van der Waals surface area contributed by atoms with Gasteiger partial charge in [-0.3, -0.25) is 9.52 Å². The molecule has 0 saturated heterocycles. The van der Waals surface area contributed by atoms with Crippen molar-refractivity contribution in [2.45, 2.75) is 11.8 Å². The summed E-state index contributed by atoms with van der Waals surface area (Å²) in [5.74, 6) is -1.18. The van der Waals surface area contributed by atoms with Crippen molar-refractivity contribution >= 4 is 50.5 Å². The third-order valence-electron chi connectivity index (χ3n) is 2.71. The maximum atomic E-state index is 13.8. The van der Waals surface area contributed by atoms with Gasteiger partial charge in [0.2, 0.25) is 5.91 Å². The van der Waals surface area contributed by atoms with E-state index in [4.69, 9.17) is 23.2 Å². The second-order valence-corrected chi connectivity index (χ2v) is 7.05. The molecule has 122 valence electrons. The smallest absolute Gasteiger partial charge is 0.263 e. The van der Waals surface area contributed by atoms with Gasteiger partial charge in [-0.2, -0.15) is 0 Å². The van der Waals surface area contributed by atoms with Gasteiger partial charge in [-0.05, 0) is 36.4 Å². The van der Waals surface area contributed by atoms with Crippen molar-refractivity contribution in [3.8, 4) is 0 Å². The highest BCUT2D eigenvalue weighted by Gasteiger charge is 2.20. The van der Waals surface area contributed by atoms with E-state index in [-0.39, 0.29) is 32.2 Å². The number of sulfonamides is 1. The number of anilines is 2. The molecule has 0 spiro atoms. The molecule has 0 saturated carbocycles. The van der Waals surface area contributed by atoms with Gasteiger partial charge in [-0.1, -0.05) is 23.2 Å². The molecule has 5 nitrogen and oxygen atoms in total. The Kier molecular flexibility index (Phi) is 5.13. The number of amides is 1. The van der Waals surface area contributed by atoms with Crippen molar-refractivity contribution in [3.05, 3.63) is 52.3 Å². The van der Waals surface area contributed by atoms with Crippen LogP contribution in [0.3, 0.4) is 0 Å². The Morgan fingerprint density at radius 3 is 2.48 bits per heavy atom. The molecule has 0 aliphatic rings. The van der Waals surface area contributed by atoms with E-state index in [2.05, 4.69) is 10.0 Å². The molecule has 2 rings (SSSR count). The van der Waals surface area contributed by atoms with Crippen molar-refractivity contribution in [3.63, 3.8) is 0 Å². The number of carbonyl (C=O) groups excluding carboxylic acids is 1. The molecule has 2 N–H and O–H groups in total. The summed E-state index contributed by atoms with van der Waals surface area (Å²) in [4.78, 5) is 10.7. The summed E-state index contributed by atoms with van der Waals surface area (Å²) >= 11 is 11.6. The Bertz CT molecular complexity index is 872. The molecule has 2 aromatic rings. The molecule has 0 unspecified atom stereocenters. The fourth-order valence-electron chi connectivity index (χ4n) is 1.77. The Morgan fingerprint density at radius 2 is 1.83 bits per heavy atom. The minimum atomic E-state index is -4.15. The average molecular weight is 377 g/mol. The Labute approximate surface area is 142 Å². The topological polar surface area (TPSA) is 75.3 Å². The van der Waals surface area contributed by atoms with Crippen LogP contribution in [-0.4, -0.2) is 14.3 Å². The molecule has 0 aromatic heterocycles. The molecule has 2 aromatic carbocycles. The van der Waals surface area contributed by atoms with Gasteiger partial charge < -0.3 is 5.32 Å². The lowest BCUT2D eigenvalue weighted by Crippen LogP contribution is -2.15. The first-order valence-electron chi connectivity index (χ1n) is 6.24. The number of hydrogen-bond acceptors (Lipinski definition) is 3. The molecule has 0 heterocycles. The fourth-order valence-corrected chi connectivity index (χ4v) is 3.59. The molecule has 0 atom stereocenters. The highest BCUT2D eigenvalue weighted by atomic mass is 35.5. The summed E-state index contributed by atoms with van der Waals surface area (Å²) in [6.07, 6.45) is 0. The fraction of sp³-hybridized carbons (Fsp3) is 0.0714. The van der Waals surface area contributed by atoms with E-state index < -0.39 is 15.8 Å². The maximum Gasteiger partial charge on any atom is 0.263 e. The standard InChI is InChI=1S/C14H11Cl2FN2O3S/c1-8(20)18-10-3-5-12(17)13(7-10)19-23(21,22)14-6-9(15)2-4-11(14)16/h2-7,19H,1H3,(H,18,20). The quantitative estimate of drug-likeness (QED) is 0.849. The van der Waals surface area contributed by atoms with Gasteiger partial charge in [-0.15, -0.1) is 0 Å². The maximum absolute atomic E-state index is 13.8. The lowest BCUT2D eigenvalue weighted by molar-refractivity contribution is -0.114. The zero-order valence-corrected chi connectivity index (χ0v) is 14.1. The van der Waals surface area contributed by atoms with Crippen LogP contribution in [0.2, 0.25) is 10.0 Å². The number of benzene rings is 2. The van der Waals surface area contributed by atoms with E-state index in [1.807, 2.05) is 0 Å². The Morgan fingerprint density at radius 1 is 1.13 bits per heavy atom. The monoisotopic (exact) mass is 376 g/mol. The molecular formula is C14H11Cl2FN2O3S. The van der Waals surface area contributed by atoms with Crippen LogP contribution in [0.5, 0.6) is 0 Å². The van der Waals surface area contributed by atoms with Crippen molar-refractivity contribution < 1.29 is 17.6 Å². The van der Waals surface area contributed by atoms with E-state index in [0.29, 0.717) is 0 Å². The molecule has 0 aliphatic carbocycles. The summed E-state index contributed by atoms with van der Waals surface area (Å²) in [6, 6.07) is 7.40. The van der Waals surface area contributed by atoms with Gasteiger partial charge in [0.05, 0.1) is 10.7 Å². The summed E-state index contributed by atoms with van der Waals surface area (Å²) in [6.45, 7) is 1.28. The molecule has 0 fully saturated rings. The van der Waals surface area contributed by atoms with Gasteiger partial charge in [0.15, 0.2) is 0 Å². The van der Waals surface area contributed by atoms with Crippen LogP contribution in [0.1, 0.15) is 6.92 Å². The summed E-state index contributed by atoms with van der Waals surface area (Å²) in [5, 5.41) is 2.54. The lowest BCUT2D eigenvalue weighted by atomic mass is 10.2. The van der Waals surface area contributed by atoms with E-state index in [9.17, 15) is 17.6 Å². The average Bonchev–Trinajstić information content (AvgIpc) is 2.44. The highest BCUT2D eigenvalue weighted by Crippen LogP contribution is 2.28. The van der Waals surface area contributed by atoms with Gasteiger partial charge in [-0.25, -0.2) is 12.8 Å². The van der Waals surface area contributed by atoms with Crippen molar-refractivity contribution in [2.75, 3.05) is 10.0 Å². The third kappa shape index (κ3) is 4.34. The Hall–Kier alpha value is -1.83. The first-order chi connectivity index (χ1) is 10.7. The summed E-state index contributed by atoms with van der Waals surface area (Å²) < 4.78 is 40.6. The first-order valence-corrected chi connectivity index (χ1v) is 8.48. The molecular weight excluding hydrogens is 366 g/mol. The number of hydrogen-bond donors (Lipinski definition) is 2. The normalized spacial score (nSPS) is 11.1. The predicted octanol–water partition coefficient (Wildman–Crippen LogP) is 3.89. The van der Waals surface area contributed by atoms with E-state index in [0.717, 1.165) is 18.2 Å². The van der Waals surface area contributed by atoms with Crippen LogP contribution in [0, 0.1) is 5.82 Å². The predicted molar refractivity (Wildman–Crippen MR) is 88.0 cm³/mol. The van der Waals surface area contributed by atoms with Crippen LogP contribution in [0.25, 0.3) is 0 Å². The van der Waals surface area contributed by atoms with Crippen molar-refractivity contribution in [1.82, 2.24) is 0 Å². The molecule has 23 heavy (non-hydrogen) atoms. The van der Waals surface area contributed by atoms with Gasteiger partial charge in [0, 0.05) is 17.6 Å². The van der Waals surface area contributed by atoms with Crippen LogP contribution >= 0.6 is 23.2 Å². The second kappa shape index (κ2) is 6.74. The van der Waals surface area contributed by atoms with E-state index in [1.165, 1.54) is 25.1 Å². The summed E-state index contributed by atoms with van der Waals surface area (Å²) in [7, 11) is -4.15. The number of carbonyl (C=O) groups is 1. The molecule has 0 radical (unpaired) electrons. The molecule has 0 aliphatic heterocycles. The zero-order chi connectivity index (χ0) is 17.2.